The van der Waals surface area contributed by atoms with Gasteiger partial charge in [-0.2, -0.15) is 10.4 Å². The molecule has 0 aliphatic carbocycles. The van der Waals surface area contributed by atoms with Gasteiger partial charge >= 0.3 is 5.97 Å². The number of carbonyl (C=O) groups is 2. The maximum atomic E-state index is 12.2. The largest absolute Gasteiger partial charge is 0.460 e. The molecule has 0 atom stereocenters. The van der Waals surface area contributed by atoms with Crippen molar-refractivity contribution in [2.24, 2.45) is 0 Å². The van der Waals surface area contributed by atoms with Crippen molar-refractivity contribution in [3.8, 4) is 6.07 Å². The summed E-state index contributed by atoms with van der Waals surface area (Å²) in [6.45, 7) is 3.89. The Kier molecular flexibility index (Phi) is 5.24. The molecule has 0 fully saturated rings. The van der Waals surface area contributed by atoms with Crippen molar-refractivity contribution in [2.45, 2.75) is 20.4 Å². The number of Topliss-reactive ketones (excluding diaryl/α,β-unsaturated/α-hetero) is 1. The van der Waals surface area contributed by atoms with E-state index in [0.29, 0.717) is 21.7 Å². The third kappa shape index (κ3) is 3.55. The van der Waals surface area contributed by atoms with Crippen LogP contribution in [0, 0.1) is 18.3 Å². The lowest BCUT2D eigenvalue weighted by atomic mass is 10.1. The van der Waals surface area contributed by atoms with E-state index in [1.54, 1.807) is 48.0 Å². The standard InChI is InChI=1S/C20H16ClN3O3/c1-3-27-20(26)19(25)13-7-8-15-12(2)23-24(18(15)9-13)11-16-14(10-22)5-4-6-17(16)21/h4-9H,3,11H2,1-2H3. The first-order valence-electron chi connectivity index (χ1n) is 8.32. The molecule has 0 radical (unpaired) electrons. The third-order valence-corrected chi connectivity index (χ3v) is 4.56. The minimum absolute atomic E-state index is 0.132. The first-order chi connectivity index (χ1) is 13.0. The fraction of sp³-hybridized carbons (Fsp3) is 0.200. The number of nitrogens with zero attached hydrogens (tertiary/aromatic N) is 3. The maximum Gasteiger partial charge on any atom is 0.379 e. The molecule has 0 spiro atoms. The fourth-order valence-corrected chi connectivity index (χ4v) is 3.12. The second-order valence-corrected chi connectivity index (χ2v) is 6.31. The van der Waals surface area contributed by atoms with E-state index in [4.69, 9.17) is 16.3 Å². The van der Waals surface area contributed by atoms with Crippen LogP contribution < -0.4 is 0 Å². The van der Waals surface area contributed by atoms with Crippen molar-refractivity contribution < 1.29 is 14.3 Å². The lowest BCUT2D eigenvalue weighted by molar-refractivity contribution is -0.137. The van der Waals surface area contributed by atoms with Gasteiger partial charge in [-0.05, 0) is 38.1 Å². The lowest BCUT2D eigenvalue weighted by Crippen LogP contribution is -2.17. The van der Waals surface area contributed by atoms with Gasteiger partial charge in [0.2, 0.25) is 0 Å². The molecule has 0 saturated carbocycles. The van der Waals surface area contributed by atoms with Crippen molar-refractivity contribution in [3.63, 3.8) is 0 Å². The second kappa shape index (κ2) is 7.60. The first-order valence-corrected chi connectivity index (χ1v) is 8.70. The van der Waals surface area contributed by atoms with Gasteiger partial charge in [0.05, 0.1) is 36.0 Å². The van der Waals surface area contributed by atoms with Crippen molar-refractivity contribution in [1.29, 1.82) is 5.26 Å². The zero-order chi connectivity index (χ0) is 19.6. The van der Waals surface area contributed by atoms with Crippen LogP contribution in [0.3, 0.4) is 0 Å². The normalized spacial score (nSPS) is 10.6. The van der Waals surface area contributed by atoms with Gasteiger partial charge in [0.15, 0.2) is 0 Å². The predicted molar refractivity (Wildman–Crippen MR) is 101 cm³/mol. The lowest BCUT2D eigenvalue weighted by Gasteiger charge is -2.09. The summed E-state index contributed by atoms with van der Waals surface area (Å²) in [5, 5.41) is 15.2. The highest BCUT2D eigenvalue weighted by Crippen LogP contribution is 2.25. The van der Waals surface area contributed by atoms with Crippen LogP contribution in [0.2, 0.25) is 5.02 Å². The molecule has 136 valence electrons. The number of esters is 1. The number of aromatic nitrogens is 2. The van der Waals surface area contributed by atoms with E-state index in [-0.39, 0.29) is 18.7 Å². The molecule has 0 N–H and O–H groups in total. The minimum atomic E-state index is -0.891. The number of hydrogen-bond acceptors (Lipinski definition) is 5. The van der Waals surface area contributed by atoms with Crippen LogP contribution >= 0.6 is 11.6 Å². The Morgan fingerprint density at radius 1 is 1.30 bits per heavy atom. The van der Waals surface area contributed by atoms with Gasteiger partial charge in [-0.15, -0.1) is 0 Å². The van der Waals surface area contributed by atoms with E-state index >= 15 is 0 Å². The van der Waals surface area contributed by atoms with E-state index in [1.165, 1.54) is 0 Å². The topological polar surface area (TPSA) is 85.0 Å². The van der Waals surface area contributed by atoms with Crippen LogP contribution in [-0.4, -0.2) is 28.1 Å². The smallest absolute Gasteiger partial charge is 0.379 e. The van der Waals surface area contributed by atoms with Crippen molar-refractivity contribution >= 4 is 34.3 Å². The molecule has 0 saturated heterocycles. The predicted octanol–water partition coefficient (Wildman–Crippen LogP) is 3.66. The van der Waals surface area contributed by atoms with Gasteiger partial charge in [-0.1, -0.05) is 23.7 Å². The number of ketones is 1. The first kappa shape index (κ1) is 18.6. The molecule has 7 heteroatoms. The Hall–Kier alpha value is -3.17. The van der Waals surface area contributed by atoms with Gasteiger partial charge in [0.1, 0.15) is 0 Å². The summed E-state index contributed by atoms with van der Waals surface area (Å²) in [7, 11) is 0. The van der Waals surface area contributed by atoms with E-state index < -0.39 is 11.8 Å². The molecule has 1 aromatic heterocycles. The van der Waals surface area contributed by atoms with Crippen LogP contribution in [0.5, 0.6) is 0 Å². The molecule has 3 aromatic rings. The van der Waals surface area contributed by atoms with Gasteiger partial charge in [0.25, 0.3) is 5.78 Å². The number of ether oxygens (including phenoxy) is 1. The van der Waals surface area contributed by atoms with Gasteiger partial charge in [-0.3, -0.25) is 9.48 Å². The van der Waals surface area contributed by atoms with Gasteiger partial charge in [-0.25, -0.2) is 4.79 Å². The molecule has 27 heavy (non-hydrogen) atoms. The third-order valence-electron chi connectivity index (χ3n) is 4.21. The number of fused-ring (bicyclic) bond motifs is 1. The number of rotatable bonds is 5. The van der Waals surface area contributed by atoms with Crippen molar-refractivity contribution in [3.05, 3.63) is 63.8 Å². The summed E-state index contributed by atoms with van der Waals surface area (Å²) < 4.78 is 6.46. The Labute approximate surface area is 160 Å². The highest BCUT2D eigenvalue weighted by Gasteiger charge is 2.20. The summed E-state index contributed by atoms with van der Waals surface area (Å²) in [6, 6.07) is 12.2. The van der Waals surface area contributed by atoms with Crippen LogP contribution in [0.4, 0.5) is 0 Å². The molecule has 0 amide bonds. The molecular weight excluding hydrogens is 366 g/mol. The molecule has 3 rings (SSSR count). The number of nitriles is 1. The Balaban J connectivity index is 2.07. The van der Waals surface area contributed by atoms with Gasteiger partial charge < -0.3 is 4.74 Å². The summed E-state index contributed by atoms with van der Waals surface area (Å²) in [5.41, 5.74) is 2.77. The number of aryl methyl sites for hydroxylation is 1. The molecule has 0 aliphatic heterocycles. The van der Waals surface area contributed by atoms with Crippen molar-refractivity contribution in [1.82, 2.24) is 9.78 Å². The second-order valence-electron chi connectivity index (χ2n) is 5.90. The highest BCUT2D eigenvalue weighted by molar-refractivity contribution is 6.40. The number of carbonyl (C=O) groups excluding carboxylic acids is 2. The fourth-order valence-electron chi connectivity index (χ4n) is 2.89. The summed E-state index contributed by atoms with van der Waals surface area (Å²) in [6.07, 6.45) is 0. The molecule has 0 aliphatic rings. The molecular formula is C20H16ClN3O3. The zero-order valence-electron chi connectivity index (χ0n) is 14.8. The Morgan fingerprint density at radius 2 is 2.07 bits per heavy atom. The molecule has 0 bridgehead atoms. The molecule has 0 unspecified atom stereocenters. The van der Waals surface area contributed by atoms with E-state index in [2.05, 4.69) is 11.2 Å². The monoisotopic (exact) mass is 381 g/mol. The maximum absolute atomic E-state index is 12.2. The number of benzene rings is 2. The van der Waals surface area contributed by atoms with Crippen LogP contribution in [0.15, 0.2) is 36.4 Å². The van der Waals surface area contributed by atoms with Crippen LogP contribution in [0.25, 0.3) is 10.9 Å². The van der Waals surface area contributed by atoms with E-state index in [1.807, 2.05) is 6.92 Å². The van der Waals surface area contributed by atoms with E-state index in [9.17, 15) is 14.9 Å². The molecule has 2 aromatic carbocycles. The highest BCUT2D eigenvalue weighted by atomic mass is 35.5. The SMILES string of the molecule is CCOC(=O)C(=O)c1ccc2c(C)nn(Cc3c(Cl)cccc3C#N)c2c1. The minimum Gasteiger partial charge on any atom is -0.460 e. The quantitative estimate of drug-likeness (QED) is 0.382. The summed E-state index contributed by atoms with van der Waals surface area (Å²) in [5.74, 6) is -1.60. The van der Waals surface area contributed by atoms with Crippen molar-refractivity contribution in [2.75, 3.05) is 6.61 Å². The molecule has 1 heterocycles. The zero-order valence-corrected chi connectivity index (χ0v) is 15.6. The average Bonchev–Trinajstić information content (AvgIpc) is 2.98. The summed E-state index contributed by atoms with van der Waals surface area (Å²) >= 11 is 6.27. The Bertz CT molecular complexity index is 1100. The number of halogens is 1. The molecule has 6 nitrogen and oxygen atoms in total. The number of hydrogen-bond donors (Lipinski definition) is 0. The average molecular weight is 382 g/mol. The van der Waals surface area contributed by atoms with Crippen LogP contribution in [-0.2, 0) is 16.1 Å². The Morgan fingerprint density at radius 3 is 2.78 bits per heavy atom. The summed E-state index contributed by atoms with van der Waals surface area (Å²) in [4.78, 5) is 24.0. The van der Waals surface area contributed by atoms with Gasteiger partial charge in [0, 0.05) is 21.5 Å². The van der Waals surface area contributed by atoms with E-state index in [0.717, 1.165) is 11.1 Å². The van der Waals surface area contributed by atoms with Crippen LogP contribution in [0.1, 0.15) is 34.1 Å².